The zero-order valence-corrected chi connectivity index (χ0v) is 22.1. The van der Waals surface area contributed by atoms with Gasteiger partial charge in [-0.15, -0.1) is 0 Å². The maximum absolute atomic E-state index is 12.9. The van der Waals surface area contributed by atoms with Crippen LogP contribution in [0, 0.1) is 6.92 Å². The van der Waals surface area contributed by atoms with Crippen molar-refractivity contribution in [1.29, 1.82) is 0 Å². The molecule has 5 aromatic rings. The maximum Gasteiger partial charge on any atom is 0.350 e. The van der Waals surface area contributed by atoms with Crippen LogP contribution in [0.25, 0.3) is 33.1 Å². The number of hydrogen-bond donors (Lipinski definition) is 0. The van der Waals surface area contributed by atoms with Gasteiger partial charge in [-0.25, -0.2) is 4.79 Å². The number of nitrogens with zero attached hydrogens (tertiary/aromatic N) is 2. The second-order valence-corrected chi connectivity index (χ2v) is 10.6. The van der Waals surface area contributed by atoms with Crippen molar-refractivity contribution in [3.63, 3.8) is 0 Å². The third-order valence-electron chi connectivity index (χ3n) is 9.19. The molecule has 2 atom stereocenters. The summed E-state index contributed by atoms with van der Waals surface area (Å²) in [5.41, 5.74) is 6.13. The van der Waals surface area contributed by atoms with E-state index >= 15 is 0 Å². The van der Waals surface area contributed by atoms with Crippen molar-refractivity contribution in [1.82, 2.24) is 0 Å². The van der Waals surface area contributed by atoms with Crippen LogP contribution < -0.4 is 14.8 Å². The molecular weight excluding hydrogens is 456 g/mol. The molecule has 37 heavy (non-hydrogen) atoms. The van der Waals surface area contributed by atoms with E-state index in [0.29, 0.717) is 11.0 Å². The summed E-state index contributed by atoms with van der Waals surface area (Å²) < 4.78 is 10.7. The van der Waals surface area contributed by atoms with Crippen LogP contribution in [0.5, 0.6) is 0 Å². The molecule has 2 unspecified atom stereocenters. The number of pyridine rings is 2. The van der Waals surface area contributed by atoms with Crippen molar-refractivity contribution in [2.75, 3.05) is 0 Å². The Morgan fingerprint density at radius 1 is 0.865 bits per heavy atom. The van der Waals surface area contributed by atoms with Gasteiger partial charge in [-0.2, -0.15) is 9.13 Å². The fourth-order valence-corrected chi connectivity index (χ4v) is 7.02. The summed E-state index contributed by atoms with van der Waals surface area (Å²) in [5.74, 6) is 0. The molecule has 1 aliphatic rings. The summed E-state index contributed by atoms with van der Waals surface area (Å²) in [7, 11) is 0. The molecule has 0 amide bonds. The van der Waals surface area contributed by atoms with E-state index < -0.39 is 0 Å². The third kappa shape index (κ3) is 3.24. The van der Waals surface area contributed by atoms with Crippen molar-refractivity contribution >= 4 is 21.9 Å². The van der Waals surface area contributed by atoms with Crippen molar-refractivity contribution in [3.8, 4) is 11.3 Å². The molecular formula is C33H34N2O2+2. The number of benzene rings is 2. The smallest absolute Gasteiger partial charge is 0.350 e. The van der Waals surface area contributed by atoms with E-state index in [1.54, 1.807) is 0 Å². The minimum Gasteiger partial charge on any atom is -0.422 e. The Morgan fingerprint density at radius 2 is 1.68 bits per heavy atom. The highest BCUT2D eigenvalue weighted by molar-refractivity contribution is 6.03. The van der Waals surface area contributed by atoms with Crippen molar-refractivity contribution in [2.24, 2.45) is 0 Å². The fraction of sp³-hybridized carbons (Fsp3) is 0.303. The number of rotatable bonds is 6. The third-order valence-corrected chi connectivity index (χ3v) is 9.19. The van der Waals surface area contributed by atoms with E-state index in [4.69, 9.17) is 4.42 Å². The van der Waals surface area contributed by atoms with Gasteiger partial charge in [0.15, 0.2) is 17.9 Å². The van der Waals surface area contributed by atoms with Crippen molar-refractivity contribution < 1.29 is 13.6 Å². The van der Waals surface area contributed by atoms with Crippen LogP contribution in [0.1, 0.15) is 51.2 Å². The lowest BCUT2D eigenvalue weighted by atomic mass is 9.58. The molecule has 0 aliphatic carbocycles. The van der Waals surface area contributed by atoms with Crippen LogP contribution in [-0.2, 0) is 17.5 Å². The molecule has 2 aromatic carbocycles. The fourth-order valence-electron chi connectivity index (χ4n) is 7.02. The van der Waals surface area contributed by atoms with Gasteiger partial charge in [0.05, 0.1) is 10.8 Å². The normalized spacial score (nSPS) is 20.6. The Morgan fingerprint density at radius 3 is 2.46 bits per heavy atom. The molecule has 4 heterocycles. The van der Waals surface area contributed by atoms with E-state index in [0.717, 1.165) is 36.7 Å². The molecule has 4 nitrogen and oxygen atoms in total. The first-order valence-electron chi connectivity index (χ1n) is 13.4. The molecule has 0 saturated carbocycles. The Balaban J connectivity index is 1.57. The number of aromatic nitrogens is 2. The first-order chi connectivity index (χ1) is 17.9. The van der Waals surface area contributed by atoms with Crippen LogP contribution in [0.3, 0.4) is 0 Å². The van der Waals surface area contributed by atoms with Gasteiger partial charge in [-0.1, -0.05) is 44.2 Å². The SMILES string of the molecule is CCC1(CC[n+]2ccccc2-c2ccccc2C)c2cccc3oc(=O)c4ccc[n+](c4c23)C1(C)CC. The zero-order chi connectivity index (χ0) is 25.8. The van der Waals surface area contributed by atoms with Crippen LogP contribution in [-0.4, -0.2) is 0 Å². The molecule has 4 heteroatoms. The molecule has 0 bridgehead atoms. The summed E-state index contributed by atoms with van der Waals surface area (Å²) in [4.78, 5) is 12.9. The van der Waals surface area contributed by atoms with E-state index in [1.807, 2.05) is 18.2 Å². The Labute approximate surface area is 217 Å². The first-order valence-corrected chi connectivity index (χ1v) is 13.4. The Hall–Kier alpha value is -3.79. The maximum atomic E-state index is 12.9. The lowest BCUT2D eigenvalue weighted by Gasteiger charge is -2.46. The van der Waals surface area contributed by atoms with E-state index in [9.17, 15) is 4.79 Å². The zero-order valence-electron chi connectivity index (χ0n) is 22.1. The lowest BCUT2D eigenvalue weighted by Crippen LogP contribution is -2.68. The van der Waals surface area contributed by atoms with E-state index in [2.05, 4.69) is 104 Å². The molecule has 1 aliphatic heterocycles. The van der Waals surface area contributed by atoms with E-state index in [-0.39, 0.29) is 16.6 Å². The van der Waals surface area contributed by atoms with Crippen LogP contribution in [0.15, 0.2) is 94.4 Å². The van der Waals surface area contributed by atoms with Gasteiger partial charge < -0.3 is 4.42 Å². The molecule has 6 rings (SSSR count). The molecule has 0 saturated heterocycles. The minimum absolute atomic E-state index is 0.154. The Kier molecular flexibility index (Phi) is 5.52. The average Bonchev–Trinajstić information content (AvgIpc) is 2.93. The van der Waals surface area contributed by atoms with Gasteiger partial charge in [0.2, 0.25) is 11.2 Å². The van der Waals surface area contributed by atoms with Gasteiger partial charge in [-0.3, -0.25) is 0 Å². The highest BCUT2D eigenvalue weighted by Crippen LogP contribution is 2.51. The summed E-state index contributed by atoms with van der Waals surface area (Å²) >= 11 is 0. The van der Waals surface area contributed by atoms with Crippen LogP contribution in [0.2, 0.25) is 0 Å². The topological polar surface area (TPSA) is 38.0 Å². The summed E-state index contributed by atoms with van der Waals surface area (Å²) in [6.45, 7) is 10.0. The van der Waals surface area contributed by atoms with Crippen molar-refractivity contribution in [3.05, 3.63) is 107 Å². The molecule has 0 N–H and O–H groups in total. The average molecular weight is 491 g/mol. The molecule has 0 spiro atoms. The quantitative estimate of drug-likeness (QED) is 0.157. The highest BCUT2D eigenvalue weighted by atomic mass is 16.4. The standard InChI is InChI=1S/C33H34N2O2/c1-5-32(4)33(6-2,19-22-34-20-10-9-17-27(34)24-14-8-7-13-23(24)3)26-16-11-18-28-29(26)30-25(31(36)37-28)15-12-21-35(30)32/h7-18,20-21H,5-6,19,22H2,1-4H3/q+2. The molecule has 0 radical (unpaired) electrons. The second-order valence-electron chi connectivity index (χ2n) is 10.6. The monoisotopic (exact) mass is 490 g/mol. The molecule has 0 fully saturated rings. The summed E-state index contributed by atoms with van der Waals surface area (Å²) in [5, 5.41) is 1.74. The largest absolute Gasteiger partial charge is 0.422 e. The number of hydrogen-bond acceptors (Lipinski definition) is 2. The summed E-state index contributed by atoms with van der Waals surface area (Å²) in [6.07, 6.45) is 7.26. The first kappa shape index (κ1) is 23.6. The van der Waals surface area contributed by atoms with Gasteiger partial charge >= 0.3 is 5.63 Å². The van der Waals surface area contributed by atoms with Crippen LogP contribution in [0.4, 0.5) is 0 Å². The van der Waals surface area contributed by atoms with Gasteiger partial charge in [0.1, 0.15) is 17.5 Å². The minimum atomic E-state index is -0.265. The van der Waals surface area contributed by atoms with Gasteiger partial charge in [0, 0.05) is 43.5 Å². The predicted molar refractivity (Wildman–Crippen MR) is 148 cm³/mol. The number of aryl methyl sites for hydroxylation is 2. The summed E-state index contributed by atoms with van der Waals surface area (Å²) in [6, 6.07) is 25.2. The van der Waals surface area contributed by atoms with Gasteiger partial charge in [0.25, 0.3) is 0 Å². The van der Waals surface area contributed by atoms with Gasteiger partial charge in [-0.05, 0) is 48.7 Å². The molecule has 186 valence electrons. The second kappa shape index (κ2) is 8.65. The Bertz CT molecular complexity index is 1720. The predicted octanol–water partition coefficient (Wildman–Crippen LogP) is 6.37. The molecule has 3 aromatic heterocycles. The van der Waals surface area contributed by atoms with Crippen LogP contribution >= 0.6 is 0 Å². The van der Waals surface area contributed by atoms with Crippen molar-refractivity contribution in [2.45, 2.75) is 64.5 Å². The lowest BCUT2D eigenvalue weighted by molar-refractivity contribution is -0.755. The highest BCUT2D eigenvalue weighted by Gasteiger charge is 2.58. The van der Waals surface area contributed by atoms with E-state index in [1.165, 1.54) is 22.4 Å².